The molecular weight excluding hydrogens is 266 g/mol. The molecule has 0 aromatic heterocycles. The third-order valence-electron chi connectivity index (χ3n) is 2.49. The van der Waals surface area contributed by atoms with E-state index in [0.717, 1.165) is 12.1 Å². The Labute approximate surface area is 114 Å². The minimum atomic E-state index is -0.792. The summed E-state index contributed by atoms with van der Waals surface area (Å²) in [5.41, 5.74) is 0.374. The first-order valence-corrected chi connectivity index (χ1v) is 6.00. The Balaban J connectivity index is 2.12. The number of hydrogen-bond donors (Lipinski definition) is 0. The average Bonchev–Trinajstić information content (AvgIpc) is 2.43. The molecular formula is C15H12F2O3. The number of carbonyl (C=O) groups excluding carboxylic acids is 1. The fourth-order valence-electron chi connectivity index (χ4n) is 1.56. The minimum Gasteiger partial charge on any atom is -0.462 e. The second-order valence-corrected chi connectivity index (χ2v) is 3.92. The topological polar surface area (TPSA) is 35.5 Å². The number of esters is 1. The summed E-state index contributed by atoms with van der Waals surface area (Å²) in [6.45, 7) is 2.00. The molecule has 0 aliphatic rings. The van der Waals surface area contributed by atoms with Gasteiger partial charge in [-0.15, -0.1) is 0 Å². The zero-order valence-electron chi connectivity index (χ0n) is 10.7. The van der Waals surface area contributed by atoms with Crippen molar-refractivity contribution in [2.75, 3.05) is 6.61 Å². The summed E-state index contributed by atoms with van der Waals surface area (Å²) in [7, 11) is 0. The van der Waals surface area contributed by atoms with Crippen LogP contribution in [-0.2, 0) is 4.74 Å². The molecule has 5 heteroatoms. The van der Waals surface area contributed by atoms with Crippen molar-refractivity contribution in [1.82, 2.24) is 0 Å². The van der Waals surface area contributed by atoms with Crippen molar-refractivity contribution in [2.45, 2.75) is 6.92 Å². The molecule has 0 N–H and O–H groups in total. The van der Waals surface area contributed by atoms with Crippen molar-refractivity contribution >= 4 is 5.97 Å². The smallest absolute Gasteiger partial charge is 0.338 e. The largest absolute Gasteiger partial charge is 0.462 e. The van der Waals surface area contributed by atoms with E-state index in [1.807, 2.05) is 0 Å². The number of ether oxygens (including phenoxy) is 2. The Morgan fingerprint density at radius 2 is 1.80 bits per heavy atom. The fraction of sp³-hybridized carbons (Fsp3) is 0.133. The van der Waals surface area contributed by atoms with E-state index >= 15 is 0 Å². The fourth-order valence-corrected chi connectivity index (χ4v) is 1.56. The monoisotopic (exact) mass is 278 g/mol. The van der Waals surface area contributed by atoms with Gasteiger partial charge in [0, 0.05) is 6.07 Å². The molecule has 0 unspecified atom stereocenters. The number of hydrogen-bond acceptors (Lipinski definition) is 3. The summed E-state index contributed by atoms with van der Waals surface area (Å²) in [5.74, 6) is -1.65. The van der Waals surface area contributed by atoms with Gasteiger partial charge in [-0.25, -0.2) is 13.6 Å². The van der Waals surface area contributed by atoms with Crippen LogP contribution in [0.1, 0.15) is 17.3 Å². The molecule has 104 valence electrons. The molecule has 0 bridgehead atoms. The van der Waals surface area contributed by atoms with Gasteiger partial charge < -0.3 is 9.47 Å². The lowest BCUT2D eigenvalue weighted by Crippen LogP contribution is -2.04. The normalized spacial score (nSPS) is 10.2. The molecule has 0 amide bonds. The highest BCUT2D eigenvalue weighted by molar-refractivity contribution is 5.89. The van der Waals surface area contributed by atoms with Crippen molar-refractivity contribution in [3.63, 3.8) is 0 Å². The molecule has 0 saturated carbocycles. The number of halogens is 2. The first-order chi connectivity index (χ1) is 9.60. The first-order valence-electron chi connectivity index (χ1n) is 6.00. The number of rotatable bonds is 4. The summed E-state index contributed by atoms with van der Waals surface area (Å²) >= 11 is 0. The lowest BCUT2D eigenvalue weighted by atomic mass is 10.2. The predicted molar refractivity (Wildman–Crippen MR) is 68.8 cm³/mol. The summed E-state index contributed by atoms with van der Waals surface area (Å²) in [6, 6.07) is 9.07. The van der Waals surface area contributed by atoms with Crippen molar-refractivity contribution in [3.05, 3.63) is 59.7 Å². The summed E-state index contributed by atoms with van der Waals surface area (Å²) < 4.78 is 36.3. The molecule has 2 rings (SSSR count). The van der Waals surface area contributed by atoms with E-state index in [2.05, 4.69) is 0 Å². The van der Waals surface area contributed by atoms with E-state index in [0.29, 0.717) is 11.3 Å². The Hall–Kier alpha value is -2.43. The maximum absolute atomic E-state index is 13.4. The highest BCUT2D eigenvalue weighted by Gasteiger charge is 2.08. The van der Waals surface area contributed by atoms with Crippen LogP contribution in [0, 0.1) is 11.6 Å². The highest BCUT2D eigenvalue weighted by Crippen LogP contribution is 2.25. The van der Waals surface area contributed by atoms with Crippen molar-refractivity contribution in [2.24, 2.45) is 0 Å². The van der Waals surface area contributed by atoms with E-state index in [9.17, 15) is 13.6 Å². The van der Waals surface area contributed by atoms with E-state index in [-0.39, 0.29) is 12.4 Å². The van der Waals surface area contributed by atoms with Crippen LogP contribution in [0.2, 0.25) is 0 Å². The molecule has 0 fully saturated rings. The van der Waals surface area contributed by atoms with Crippen LogP contribution in [0.15, 0.2) is 42.5 Å². The lowest BCUT2D eigenvalue weighted by molar-refractivity contribution is 0.0526. The van der Waals surface area contributed by atoms with Gasteiger partial charge in [-0.1, -0.05) is 0 Å². The first kappa shape index (κ1) is 14.0. The van der Waals surface area contributed by atoms with Crippen molar-refractivity contribution < 1.29 is 23.0 Å². The van der Waals surface area contributed by atoms with Gasteiger partial charge in [-0.05, 0) is 43.3 Å². The molecule has 0 atom stereocenters. The maximum Gasteiger partial charge on any atom is 0.338 e. The van der Waals surface area contributed by atoms with E-state index in [4.69, 9.17) is 9.47 Å². The Morgan fingerprint density at radius 1 is 1.10 bits per heavy atom. The third kappa shape index (κ3) is 3.32. The predicted octanol–water partition coefficient (Wildman–Crippen LogP) is 3.93. The van der Waals surface area contributed by atoms with Crippen LogP contribution in [0.5, 0.6) is 11.5 Å². The van der Waals surface area contributed by atoms with Gasteiger partial charge >= 0.3 is 5.97 Å². The minimum absolute atomic E-state index is 0.0877. The molecule has 0 heterocycles. The van der Waals surface area contributed by atoms with Crippen molar-refractivity contribution in [3.8, 4) is 11.5 Å². The molecule has 2 aromatic carbocycles. The number of benzene rings is 2. The van der Waals surface area contributed by atoms with Gasteiger partial charge in [0.05, 0.1) is 12.2 Å². The summed E-state index contributed by atoms with van der Waals surface area (Å²) in [4.78, 5) is 11.4. The Kier molecular flexibility index (Phi) is 4.30. The summed E-state index contributed by atoms with van der Waals surface area (Å²) in [6.07, 6.45) is 0. The molecule has 2 aromatic rings. The number of carbonyl (C=O) groups is 1. The van der Waals surface area contributed by atoms with Crippen LogP contribution >= 0.6 is 0 Å². The van der Waals surface area contributed by atoms with Crippen LogP contribution in [0.25, 0.3) is 0 Å². The van der Waals surface area contributed by atoms with Crippen molar-refractivity contribution in [1.29, 1.82) is 0 Å². The Bertz CT molecular complexity index is 609. The maximum atomic E-state index is 13.4. The van der Waals surface area contributed by atoms with Crippen LogP contribution < -0.4 is 4.74 Å². The molecule has 20 heavy (non-hydrogen) atoms. The van der Waals surface area contributed by atoms with Gasteiger partial charge in [-0.3, -0.25) is 0 Å². The highest BCUT2D eigenvalue weighted by atomic mass is 19.1. The van der Waals surface area contributed by atoms with Gasteiger partial charge in [-0.2, -0.15) is 0 Å². The van der Waals surface area contributed by atoms with Crippen LogP contribution in [0.4, 0.5) is 8.78 Å². The van der Waals surface area contributed by atoms with Gasteiger partial charge in [0.1, 0.15) is 11.6 Å². The molecule has 0 aliphatic heterocycles. The molecule has 0 radical (unpaired) electrons. The zero-order chi connectivity index (χ0) is 14.5. The second-order valence-electron chi connectivity index (χ2n) is 3.92. The quantitative estimate of drug-likeness (QED) is 0.795. The molecule has 0 spiro atoms. The molecule has 0 saturated heterocycles. The third-order valence-corrected chi connectivity index (χ3v) is 2.49. The lowest BCUT2D eigenvalue weighted by Gasteiger charge is -2.07. The average molecular weight is 278 g/mol. The van der Waals surface area contributed by atoms with Crippen LogP contribution in [-0.4, -0.2) is 12.6 Å². The van der Waals surface area contributed by atoms with Gasteiger partial charge in [0.25, 0.3) is 0 Å². The summed E-state index contributed by atoms with van der Waals surface area (Å²) in [5, 5.41) is 0. The van der Waals surface area contributed by atoms with Crippen LogP contribution in [0.3, 0.4) is 0 Å². The standard InChI is InChI=1S/C15H12F2O3/c1-2-19-15(18)10-3-6-12(7-4-10)20-14-8-5-11(16)9-13(14)17/h3-9H,2H2,1H3. The van der Waals surface area contributed by atoms with E-state index in [1.165, 1.54) is 30.3 Å². The molecule has 3 nitrogen and oxygen atoms in total. The molecule has 0 aliphatic carbocycles. The van der Waals surface area contributed by atoms with E-state index in [1.54, 1.807) is 6.92 Å². The van der Waals surface area contributed by atoms with E-state index < -0.39 is 17.6 Å². The SMILES string of the molecule is CCOC(=O)c1ccc(Oc2ccc(F)cc2F)cc1. The van der Waals surface area contributed by atoms with Gasteiger partial charge in [0.15, 0.2) is 11.6 Å². The Morgan fingerprint density at radius 3 is 2.40 bits per heavy atom. The zero-order valence-corrected chi connectivity index (χ0v) is 10.7. The van der Waals surface area contributed by atoms with Gasteiger partial charge in [0.2, 0.25) is 0 Å². The second kappa shape index (κ2) is 6.14.